The molecule has 132 valence electrons. The molecule has 2 aromatic rings. The van der Waals surface area contributed by atoms with Crippen LogP contribution in [0.15, 0.2) is 42.2 Å². The highest BCUT2D eigenvalue weighted by atomic mass is 35.5. The minimum absolute atomic E-state index is 0.135. The SMILES string of the molecule is CC1(C)Oc2cc(NS(=O)O)cc(Cl)c2C(c2ccc(F)cc2)=C1F. The van der Waals surface area contributed by atoms with Gasteiger partial charge in [-0.05, 0) is 37.6 Å². The number of anilines is 1. The van der Waals surface area contributed by atoms with Gasteiger partial charge in [0.05, 0.1) is 10.7 Å². The van der Waals surface area contributed by atoms with Gasteiger partial charge in [0.2, 0.25) is 0 Å². The summed E-state index contributed by atoms with van der Waals surface area (Å²) in [4.78, 5) is 0. The second-order valence-electron chi connectivity index (χ2n) is 5.99. The van der Waals surface area contributed by atoms with Crippen LogP contribution in [0.4, 0.5) is 14.5 Å². The summed E-state index contributed by atoms with van der Waals surface area (Å²) in [6.45, 7) is 3.10. The molecule has 0 saturated carbocycles. The van der Waals surface area contributed by atoms with E-state index in [2.05, 4.69) is 4.72 Å². The molecule has 0 amide bonds. The minimum atomic E-state index is -2.29. The van der Waals surface area contributed by atoms with E-state index in [9.17, 15) is 8.60 Å². The predicted octanol–water partition coefficient (Wildman–Crippen LogP) is 4.93. The highest BCUT2D eigenvalue weighted by Gasteiger charge is 2.37. The van der Waals surface area contributed by atoms with Gasteiger partial charge in [0, 0.05) is 17.2 Å². The molecule has 8 heteroatoms. The van der Waals surface area contributed by atoms with Gasteiger partial charge in [-0.25, -0.2) is 13.0 Å². The number of halogens is 3. The normalized spacial score (nSPS) is 16.9. The maximum atomic E-state index is 15.1. The molecule has 1 aliphatic rings. The van der Waals surface area contributed by atoms with E-state index >= 15 is 4.39 Å². The quantitative estimate of drug-likeness (QED) is 0.737. The Kier molecular flexibility index (Phi) is 4.57. The number of nitrogens with one attached hydrogen (secondary N) is 1. The van der Waals surface area contributed by atoms with Gasteiger partial charge in [0.1, 0.15) is 11.6 Å². The molecule has 0 saturated heterocycles. The molecule has 0 spiro atoms. The largest absolute Gasteiger partial charge is 0.480 e. The maximum Gasteiger partial charge on any atom is 0.259 e. The summed E-state index contributed by atoms with van der Waals surface area (Å²) < 4.78 is 56.2. The van der Waals surface area contributed by atoms with E-state index in [1.807, 2.05) is 0 Å². The van der Waals surface area contributed by atoms with Crippen LogP contribution in [-0.2, 0) is 11.3 Å². The molecule has 1 aliphatic heterocycles. The van der Waals surface area contributed by atoms with Gasteiger partial charge in [-0.1, -0.05) is 23.7 Å². The lowest BCUT2D eigenvalue weighted by Crippen LogP contribution is -2.33. The van der Waals surface area contributed by atoms with Crippen molar-refractivity contribution < 1.29 is 22.3 Å². The lowest BCUT2D eigenvalue weighted by atomic mass is 9.88. The number of hydrogen-bond acceptors (Lipinski definition) is 2. The van der Waals surface area contributed by atoms with Crippen molar-refractivity contribution in [1.82, 2.24) is 0 Å². The molecule has 0 aromatic heterocycles. The zero-order chi connectivity index (χ0) is 18.4. The third kappa shape index (κ3) is 3.40. The van der Waals surface area contributed by atoms with Crippen LogP contribution in [0, 0.1) is 5.82 Å². The van der Waals surface area contributed by atoms with Gasteiger partial charge < -0.3 is 4.74 Å². The maximum absolute atomic E-state index is 15.1. The summed E-state index contributed by atoms with van der Waals surface area (Å²) >= 11 is 4.00. The van der Waals surface area contributed by atoms with E-state index in [-0.39, 0.29) is 22.0 Å². The second-order valence-corrected chi connectivity index (χ2v) is 7.10. The molecule has 0 radical (unpaired) electrons. The van der Waals surface area contributed by atoms with Crippen LogP contribution < -0.4 is 9.46 Å². The number of ether oxygens (including phenoxy) is 1. The van der Waals surface area contributed by atoms with Crippen LogP contribution in [0.5, 0.6) is 5.75 Å². The van der Waals surface area contributed by atoms with Crippen molar-refractivity contribution in [3.05, 3.63) is 64.2 Å². The molecule has 1 heterocycles. The zero-order valence-corrected chi connectivity index (χ0v) is 14.8. The standard InChI is InChI=1S/C17H14ClF2NO3S/c1-17(2)16(20)14(9-3-5-10(19)6-4-9)15-12(18)7-11(21-25(22)23)8-13(15)24-17/h3-8,21H,1-2H3,(H,22,23). The second kappa shape index (κ2) is 6.40. The molecule has 2 N–H and O–H groups in total. The Balaban J connectivity index is 2.24. The summed E-state index contributed by atoms with van der Waals surface area (Å²) in [5.41, 5.74) is -0.0739. The highest BCUT2D eigenvalue weighted by molar-refractivity contribution is 7.80. The van der Waals surface area contributed by atoms with Crippen molar-refractivity contribution >= 4 is 34.1 Å². The van der Waals surface area contributed by atoms with Gasteiger partial charge >= 0.3 is 0 Å². The first-order valence-electron chi connectivity index (χ1n) is 7.25. The average Bonchev–Trinajstić information content (AvgIpc) is 2.49. The smallest absolute Gasteiger partial charge is 0.259 e. The third-order valence-electron chi connectivity index (χ3n) is 3.76. The molecule has 0 fully saturated rings. The van der Waals surface area contributed by atoms with Gasteiger partial charge in [0.15, 0.2) is 11.4 Å². The molecule has 2 aromatic carbocycles. The first-order valence-corrected chi connectivity index (χ1v) is 8.74. The molecule has 1 atom stereocenters. The molecule has 0 aliphatic carbocycles. The highest BCUT2D eigenvalue weighted by Crippen LogP contribution is 2.48. The molecule has 25 heavy (non-hydrogen) atoms. The Morgan fingerprint density at radius 2 is 1.84 bits per heavy atom. The molecular weight excluding hydrogens is 372 g/mol. The number of hydrogen-bond donors (Lipinski definition) is 2. The summed E-state index contributed by atoms with van der Waals surface area (Å²) in [7, 11) is 0. The summed E-state index contributed by atoms with van der Waals surface area (Å²) in [5, 5.41) is 0.135. The van der Waals surface area contributed by atoms with Crippen molar-refractivity contribution in [2.75, 3.05) is 4.72 Å². The number of fused-ring (bicyclic) bond motifs is 1. The van der Waals surface area contributed by atoms with Crippen molar-refractivity contribution in [2.24, 2.45) is 0 Å². The van der Waals surface area contributed by atoms with Crippen LogP contribution in [0.3, 0.4) is 0 Å². The molecular formula is C17H14ClF2NO3S. The van der Waals surface area contributed by atoms with E-state index in [1.165, 1.54) is 36.4 Å². The van der Waals surface area contributed by atoms with E-state index in [0.717, 1.165) is 0 Å². The van der Waals surface area contributed by atoms with E-state index in [1.54, 1.807) is 13.8 Å². The average molecular weight is 386 g/mol. The van der Waals surface area contributed by atoms with E-state index in [4.69, 9.17) is 20.9 Å². The van der Waals surface area contributed by atoms with Gasteiger partial charge in [-0.15, -0.1) is 0 Å². The van der Waals surface area contributed by atoms with Gasteiger partial charge in [-0.3, -0.25) is 9.27 Å². The Bertz CT molecular complexity index is 898. The molecule has 3 rings (SSSR count). The zero-order valence-electron chi connectivity index (χ0n) is 13.3. The third-order valence-corrected chi connectivity index (χ3v) is 4.46. The van der Waals surface area contributed by atoms with Gasteiger partial charge in [0.25, 0.3) is 11.3 Å². The fourth-order valence-corrected chi connectivity index (χ4v) is 3.31. The first kappa shape index (κ1) is 17.8. The molecule has 1 unspecified atom stereocenters. The summed E-state index contributed by atoms with van der Waals surface area (Å²) in [5.74, 6) is -0.724. The molecule has 0 bridgehead atoms. The lowest BCUT2D eigenvalue weighted by molar-refractivity contribution is 0.117. The minimum Gasteiger partial charge on any atom is -0.480 e. The Hall–Kier alpha value is -1.96. The topological polar surface area (TPSA) is 58.6 Å². The Morgan fingerprint density at radius 1 is 1.20 bits per heavy atom. The van der Waals surface area contributed by atoms with Crippen LogP contribution in [0.1, 0.15) is 25.0 Å². The first-order chi connectivity index (χ1) is 11.7. The van der Waals surface area contributed by atoms with Crippen molar-refractivity contribution in [1.29, 1.82) is 0 Å². The van der Waals surface area contributed by atoms with E-state index in [0.29, 0.717) is 11.1 Å². The fraction of sp³-hybridized carbons (Fsp3) is 0.176. The lowest BCUT2D eigenvalue weighted by Gasteiger charge is -2.34. The summed E-state index contributed by atoms with van der Waals surface area (Å²) in [6.07, 6.45) is 0. The van der Waals surface area contributed by atoms with Crippen LogP contribution in [0.25, 0.3) is 5.57 Å². The Labute approximate surface area is 150 Å². The van der Waals surface area contributed by atoms with Crippen LogP contribution in [0.2, 0.25) is 5.02 Å². The van der Waals surface area contributed by atoms with Crippen molar-refractivity contribution in [3.8, 4) is 5.75 Å². The van der Waals surface area contributed by atoms with Crippen LogP contribution in [-0.4, -0.2) is 14.4 Å². The fourth-order valence-electron chi connectivity index (χ4n) is 2.68. The predicted molar refractivity (Wildman–Crippen MR) is 94.1 cm³/mol. The number of rotatable bonds is 3. The Morgan fingerprint density at radius 3 is 2.44 bits per heavy atom. The molecule has 4 nitrogen and oxygen atoms in total. The monoisotopic (exact) mass is 385 g/mol. The van der Waals surface area contributed by atoms with Crippen LogP contribution >= 0.6 is 11.6 Å². The van der Waals surface area contributed by atoms with Gasteiger partial charge in [-0.2, -0.15) is 0 Å². The van der Waals surface area contributed by atoms with E-state index < -0.39 is 28.5 Å². The van der Waals surface area contributed by atoms with Crippen molar-refractivity contribution in [3.63, 3.8) is 0 Å². The summed E-state index contributed by atoms with van der Waals surface area (Å²) in [6, 6.07) is 8.24. The number of benzene rings is 2. The van der Waals surface area contributed by atoms with Crippen molar-refractivity contribution in [2.45, 2.75) is 19.4 Å².